The van der Waals surface area contributed by atoms with Gasteiger partial charge in [-0.1, -0.05) is 24.3 Å². The molecule has 0 aliphatic carbocycles. The molecule has 0 fully saturated rings. The minimum absolute atomic E-state index is 0.0288. The number of rotatable bonds is 5. The fourth-order valence-electron chi connectivity index (χ4n) is 1.72. The van der Waals surface area contributed by atoms with Crippen LogP contribution in [0, 0.1) is 0 Å². The summed E-state index contributed by atoms with van der Waals surface area (Å²) in [7, 11) is -2.97. The predicted octanol–water partition coefficient (Wildman–Crippen LogP) is 1.36. The second kappa shape index (κ2) is 5.46. The smallest absolute Gasteiger partial charge is 0.353 e. The molecule has 1 aromatic heterocycles. The molecule has 2 rings (SSSR count). The molecule has 0 unspecified atom stereocenters. The summed E-state index contributed by atoms with van der Waals surface area (Å²) in [6.07, 6.45) is 1.67. The average Bonchev–Trinajstić information content (AvgIpc) is 2.86. The van der Waals surface area contributed by atoms with Crippen molar-refractivity contribution in [2.24, 2.45) is 0 Å². The Morgan fingerprint density at radius 1 is 1.30 bits per heavy atom. The number of aromatic nitrogens is 2. The highest BCUT2D eigenvalue weighted by atomic mass is 32.2. The number of sulfone groups is 1. The van der Waals surface area contributed by atoms with E-state index in [0.29, 0.717) is 12.1 Å². The molecule has 0 amide bonds. The lowest BCUT2D eigenvalue weighted by molar-refractivity contribution is 0.0690. The van der Waals surface area contributed by atoms with E-state index < -0.39 is 15.8 Å². The molecule has 0 radical (unpaired) electrons. The number of nitrogens with zero attached hydrogens (tertiary/aromatic N) is 1. The number of carboxylic acid groups (broad SMARTS) is 1. The van der Waals surface area contributed by atoms with Crippen LogP contribution in [0.5, 0.6) is 0 Å². The van der Waals surface area contributed by atoms with Crippen LogP contribution in [-0.2, 0) is 16.3 Å². The lowest BCUT2D eigenvalue weighted by atomic mass is 10.1. The number of hydrogen-bond acceptors (Lipinski definition) is 4. The van der Waals surface area contributed by atoms with Gasteiger partial charge in [0, 0.05) is 11.8 Å². The fourth-order valence-corrected chi connectivity index (χ4v) is 2.33. The topological polar surface area (TPSA) is 100 Å². The SMILES string of the molecule is CS(=O)(=O)CCc1ccc(-c2cc(C(=O)O)[nH]n2)cc1. The fraction of sp³-hybridized carbons (Fsp3) is 0.231. The van der Waals surface area contributed by atoms with E-state index in [1.165, 1.54) is 12.3 Å². The van der Waals surface area contributed by atoms with Crippen molar-refractivity contribution in [1.29, 1.82) is 0 Å². The summed E-state index contributed by atoms with van der Waals surface area (Å²) in [5, 5.41) is 15.2. The molecule has 0 aliphatic heterocycles. The van der Waals surface area contributed by atoms with Crippen molar-refractivity contribution in [3.63, 3.8) is 0 Å². The van der Waals surface area contributed by atoms with Gasteiger partial charge in [-0.25, -0.2) is 13.2 Å². The third-order valence-electron chi connectivity index (χ3n) is 2.82. The van der Waals surface area contributed by atoms with Crippen LogP contribution in [0.1, 0.15) is 16.1 Å². The number of H-pyrrole nitrogens is 1. The van der Waals surface area contributed by atoms with Crippen LogP contribution in [0.3, 0.4) is 0 Å². The molecular weight excluding hydrogens is 280 g/mol. The minimum atomic E-state index is -2.97. The van der Waals surface area contributed by atoms with Crippen molar-refractivity contribution in [2.75, 3.05) is 12.0 Å². The quantitative estimate of drug-likeness (QED) is 0.867. The minimum Gasteiger partial charge on any atom is -0.477 e. The largest absolute Gasteiger partial charge is 0.477 e. The Kier molecular flexibility index (Phi) is 3.89. The summed E-state index contributed by atoms with van der Waals surface area (Å²) in [6.45, 7) is 0. The molecule has 0 atom stereocenters. The van der Waals surface area contributed by atoms with Crippen molar-refractivity contribution in [3.05, 3.63) is 41.6 Å². The van der Waals surface area contributed by atoms with Gasteiger partial charge < -0.3 is 5.11 Å². The molecule has 0 spiro atoms. The molecule has 20 heavy (non-hydrogen) atoms. The van der Waals surface area contributed by atoms with Crippen LogP contribution in [0.4, 0.5) is 0 Å². The molecule has 106 valence electrons. The van der Waals surface area contributed by atoms with Crippen molar-refractivity contribution < 1.29 is 18.3 Å². The average molecular weight is 294 g/mol. The summed E-state index contributed by atoms with van der Waals surface area (Å²) >= 11 is 0. The molecule has 0 bridgehead atoms. The first-order valence-electron chi connectivity index (χ1n) is 5.91. The Labute approximate surface area is 116 Å². The molecule has 2 N–H and O–H groups in total. The molecule has 7 heteroatoms. The summed E-state index contributed by atoms with van der Waals surface area (Å²) in [4.78, 5) is 10.8. The Morgan fingerprint density at radius 3 is 2.45 bits per heavy atom. The van der Waals surface area contributed by atoms with E-state index in [9.17, 15) is 13.2 Å². The van der Waals surface area contributed by atoms with Crippen molar-refractivity contribution in [1.82, 2.24) is 10.2 Å². The number of carbonyl (C=O) groups is 1. The molecule has 1 heterocycles. The van der Waals surface area contributed by atoms with Crippen LogP contribution in [0.2, 0.25) is 0 Å². The highest BCUT2D eigenvalue weighted by molar-refractivity contribution is 7.90. The summed E-state index contributed by atoms with van der Waals surface area (Å²) in [6, 6.07) is 8.66. The second-order valence-corrected chi connectivity index (χ2v) is 6.81. The molecular formula is C13H14N2O4S. The maximum Gasteiger partial charge on any atom is 0.353 e. The van der Waals surface area contributed by atoms with Gasteiger partial charge in [0.1, 0.15) is 15.5 Å². The van der Waals surface area contributed by atoms with E-state index in [1.807, 2.05) is 12.1 Å². The van der Waals surface area contributed by atoms with Gasteiger partial charge >= 0.3 is 5.97 Å². The van der Waals surface area contributed by atoms with E-state index in [0.717, 1.165) is 11.1 Å². The standard InChI is InChI=1S/C13H14N2O4S/c1-20(18,19)7-6-9-2-4-10(5-3-9)11-8-12(13(16)17)15-14-11/h2-5,8H,6-7H2,1H3,(H,14,15)(H,16,17). The van der Waals surface area contributed by atoms with Crippen LogP contribution in [-0.4, -0.2) is 41.7 Å². The summed E-state index contributed by atoms with van der Waals surface area (Å²) in [5.41, 5.74) is 2.25. The molecule has 0 aliphatic rings. The monoisotopic (exact) mass is 294 g/mol. The van der Waals surface area contributed by atoms with E-state index in [2.05, 4.69) is 10.2 Å². The molecule has 0 saturated carbocycles. The number of aryl methyl sites for hydroxylation is 1. The third-order valence-corrected chi connectivity index (χ3v) is 3.77. The Morgan fingerprint density at radius 2 is 1.95 bits per heavy atom. The van der Waals surface area contributed by atoms with Gasteiger partial charge in [-0.05, 0) is 18.1 Å². The number of nitrogens with one attached hydrogen (secondary N) is 1. The van der Waals surface area contributed by atoms with Gasteiger partial charge in [0.15, 0.2) is 0 Å². The number of hydrogen-bond donors (Lipinski definition) is 2. The maximum absolute atomic E-state index is 11.1. The molecule has 6 nitrogen and oxygen atoms in total. The lowest BCUT2D eigenvalue weighted by Crippen LogP contribution is -2.05. The van der Waals surface area contributed by atoms with Gasteiger partial charge in [0.2, 0.25) is 0 Å². The van der Waals surface area contributed by atoms with Gasteiger partial charge in [-0.15, -0.1) is 0 Å². The zero-order valence-electron chi connectivity index (χ0n) is 10.8. The molecule has 0 saturated heterocycles. The van der Waals surface area contributed by atoms with Crippen LogP contribution in [0.25, 0.3) is 11.3 Å². The Balaban J connectivity index is 2.13. The van der Waals surface area contributed by atoms with Crippen molar-refractivity contribution >= 4 is 15.8 Å². The van der Waals surface area contributed by atoms with Crippen molar-refractivity contribution in [2.45, 2.75) is 6.42 Å². The highest BCUT2D eigenvalue weighted by Gasteiger charge is 2.09. The number of carboxylic acids is 1. The van der Waals surface area contributed by atoms with Crippen LogP contribution >= 0.6 is 0 Å². The molecule has 1 aromatic carbocycles. The maximum atomic E-state index is 11.1. The highest BCUT2D eigenvalue weighted by Crippen LogP contribution is 2.18. The zero-order valence-corrected chi connectivity index (χ0v) is 11.6. The number of benzene rings is 1. The van der Waals surface area contributed by atoms with Gasteiger partial charge in [0.25, 0.3) is 0 Å². The Bertz CT molecular complexity index is 717. The normalized spacial score (nSPS) is 11.4. The number of aromatic carboxylic acids is 1. The van der Waals surface area contributed by atoms with E-state index in [4.69, 9.17) is 5.11 Å². The first-order valence-corrected chi connectivity index (χ1v) is 7.97. The zero-order chi connectivity index (χ0) is 14.8. The number of aromatic amines is 1. The first kappa shape index (κ1) is 14.3. The van der Waals surface area contributed by atoms with Crippen molar-refractivity contribution in [3.8, 4) is 11.3 Å². The van der Waals surface area contributed by atoms with E-state index >= 15 is 0 Å². The summed E-state index contributed by atoms with van der Waals surface area (Å²) < 4.78 is 22.2. The van der Waals surface area contributed by atoms with Gasteiger partial charge in [-0.3, -0.25) is 5.10 Å². The van der Waals surface area contributed by atoms with Crippen LogP contribution < -0.4 is 0 Å². The van der Waals surface area contributed by atoms with Gasteiger partial charge in [-0.2, -0.15) is 5.10 Å². The van der Waals surface area contributed by atoms with Gasteiger partial charge in [0.05, 0.1) is 11.4 Å². The molecule has 2 aromatic rings. The third kappa shape index (κ3) is 3.67. The predicted molar refractivity (Wildman–Crippen MR) is 74.4 cm³/mol. The summed E-state index contributed by atoms with van der Waals surface area (Å²) in [5.74, 6) is -0.953. The first-order chi connectivity index (χ1) is 9.35. The second-order valence-electron chi connectivity index (χ2n) is 4.55. The lowest BCUT2D eigenvalue weighted by Gasteiger charge is -2.01. The van der Waals surface area contributed by atoms with E-state index in [-0.39, 0.29) is 11.4 Å². The van der Waals surface area contributed by atoms with Crippen LogP contribution in [0.15, 0.2) is 30.3 Å². The van der Waals surface area contributed by atoms with E-state index in [1.54, 1.807) is 12.1 Å². The Hall–Kier alpha value is -2.15.